The average molecular weight is 196 g/mol. The van der Waals surface area contributed by atoms with E-state index in [1.54, 1.807) is 4.90 Å². The Balaban J connectivity index is 1.82. The van der Waals surface area contributed by atoms with Crippen molar-refractivity contribution in [1.29, 1.82) is 0 Å². The number of nitrogens with zero attached hydrogens (tertiary/aromatic N) is 1. The Labute approximate surface area is 83.6 Å². The lowest BCUT2D eigenvalue weighted by Gasteiger charge is -2.35. The van der Waals surface area contributed by atoms with E-state index in [9.17, 15) is 4.79 Å². The third-order valence-corrected chi connectivity index (χ3v) is 3.71. The minimum atomic E-state index is -0.164. The molecule has 0 aromatic heterocycles. The summed E-state index contributed by atoms with van der Waals surface area (Å²) in [6, 6.07) is 1.15. The van der Waals surface area contributed by atoms with Crippen LogP contribution < -0.4 is 5.32 Å². The van der Waals surface area contributed by atoms with E-state index in [0.717, 1.165) is 19.4 Å². The first kappa shape index (κ1) is 8.53. The fourth-order valence-electron chi connectivity index (χ4n) is 3.21. The van der Waals surface area contributed by atoms with E-state index in [0.29, 0.717) is 12.1 Å². The van der Waals surface area contributed by atoms with E-state index in [1.165, 1.54) is 12.8 Å². The van der Waals surface area contributed by atoms with Crippen molar-refractivity contribution in [2.75, 3.05) is 13.6 Å². The summed E-state index contributed by atoms with van der Waals surface area (Å²) >= 11 is 0. The van der Waals surface area contributed by atoms with Crippen LogP contribution in [-0.4, -0.2) is 42.3 Å². The topological polar surface area (TPSA) is 41.6 Å². The average Bonchev–Trinajstić information content (AvgIpc) is 2.56. The number of hydrogen-bond donors (Lipinski definition) is 1. The van der Waals surface area contributed by atoms with Crippen molar-refractivity contribution < 1.29 is 9.53 Å². The molecule has 0 aromatic carbocycles. The maximum absolute atomic E-state index is 11.4. The summed E-state index contributed by atoms with van der Waals surface area (Å²) in [6.07, 6.45) is 4.34. The number of fused-ring (bicyclic) bond motifs is 2. The summed E-state index contributed by atoms with van der Waals surface area (Å²) in [7, 11) is 1.82. The molecule has 4 nitrogen and oxygen atoms in total. The highest BCUT2D eigenvalue weighted by molar-refractivity contribution is 5.70. The molecule has 3 fully saturated rings. The van der Waals surface area contributed by atoms with Gasteiger partial charge in [-0.2, -0.15) is 0 Å². The highest BCUT2D eigenvalue weighted by atomic mass is 16.6. The third-order valence-electron chi connectivity index (χ3n) is 3.71. The molecule has 1 spiro atoms. The maximum atomic E-state index is 11.4. The predicted octanol–water partition coefficient (Wildman–Crippen LogP) is 0.722. The zero-order valence-corrected chi connectivity index (χ0v) is 8.45. The van der Waals surface area contributed by atoms with Crippen molar-refractivity contribution in [3.05, 3.63) is 0 Å². The lowest BCUT2D eigenvalue weighted by atomic mass is 9.87. The molecule has 1 N–H and O–H groups in total. The second-order valence-electron chi connectivity index (χ2n) is 4.95. The molecule has 0 aromatic rings. The minimum Gasteiger partial charge on any atom is -0.441 e. The van der Waals surface area contributed by atoms with Crippen molar-refractivity contribution in [3.8, 4) is 0 Å². The second kappa shape index (κ2) is 2.63. The van der Waals surface area contributed by atoms with Crippen LogP contribution in [0.4, 0.5) is 4.79 Å². The highest BCUT2D eigenvalue weighted by Gasteiger charge is 2.51. The maximum Gasteiger partial charge on any atom is 0.410 e. The van der Waals surface area contributed by atoms with Crippen LogP contribution in [0.15, 0.2) is 0 Å². The largest absolute Gasteiger partial charge is 0.441 e. The van der Waals surface area contributed by atoms with Crippen molar-refractivity contribution in [1.82, 2.24) is 10.2 Å². The zero-order valence-electron chi connectivity index (χ0n) is 8.45. The number of nitrogens with one attached hydrogen (secondary N) is 1. The summed E-state index contributed by atoms with van der Waals surface area (Å²) < 4.78 is 5.53. The van der Waals surface area contributed by atoms with Gasteiger partial charge in [0.2, 0.25) is 0 Å². The second-order valence-corrected chi connectivity index (χ2v) is 4.95. The third kappa shape index (κ3) is 1.13. The van der Waals surface area contributed by atoms with Crippen LogP contribution in [-0.2, 0) is 4.74 Å². The fraction of sp³-hybridized carbons (Fsp3) is 0.900. The molecule has 14 heavy (non-hydrogen) atoms. The van der Waals surface area contributed by atoms with E-state index in [-0.39, 0.29) is 11.7 Å². The first-order valence-corrected chi connectivity index (χ1v) is 5.37. The van der Waals surface area contributed by atoms with Crippen molar-refractivity contribution in [3.63, 3.8) is 0 Å². The smallest absolute Gasteiger partial charge is 0.410 e. The van der Waals surface area contributed by atoms with Gasteiger partial charge in [0, 0.05) is 32.0 Å². The van der Waals surface area contributed by atoms with Crippen LogP contribution in [0.3, 0.4) is 0 Å². The van der Waals surface area contributed by atoms with Crippen LogP contribution >= 0.6 is 0 Å². The number of ether oxygens (including phenoxy) is 1. The lowest BCUT2D eigenvalue weighted by molar-refractivity contribution is 0.0160. The monoisotopic (exact) mass is 196 g/mol. The Morgan fingerprint density at radius 1 is 1.43 bits per heavy atom. The molecule has 1 amide bonds. The fourth-order valence-corrected chi connectivity index (χ4v) is 3.21. The molecule has 78 valence electrons. The standard InChI is InChI=1S/C10H16N2O2/c1-12-6-10(14-9(12)13)4-7-2-3-8(5-10)11-7/h7-8,11H,2-6H2,1H3/t7-,8+,10?. The van der Waals surface area contributed by atoms with E-state index in [1.807, 2.05) is 7.05 Å². The Morgan fingerprint density at radius 2 is 2.07 bits per heavy atom. The van der Waals surface area contributed by atoms with Gasteiger partial charge in [-0.25, -0.2) is 4.79 Å². The van der Waals surface area contributed by atoms with Gasteiger partial charge in [0.25, 0.3) is 0 Å². The van der Waals surface area contributed by atoms with Gasteiger partial charge >= 0.3 is 6.09 Å². The minimum absolute atomic E-state index is 0.147. The molecule has 1 unspecified atom stereocenters. The molecule has 3 aliphatic heterocycles. The molecule has 3 aliphatic rings. The van der Waals surface area contributed by atoms with Crippen LogP contribution in [0.1, 0.15) is 25.7 Å². The number of piperidine rings is 1. The number of carbonyl (C=O) groups is 1. The lowest BCUT2D eigenvalue weighted by Crippen LogP contribution is -2.50. The molecular weight excluding hydrogens is 180 g/mol. The summed E-state index contributed by atoms with van der Waals surface area (Å²) in [5.74, 6) is 0. The molecule has 0 radical (unpaired) electrons. The molecule has 3 heterocycles. The van der Waals surface area contributed by atoms with Crippen LogP contribution in [0.25, 0.3) is 0 Å². The Kier molecular flexibility index (Phi) is 1.60. The van der Waals surface area contributed by atoms with Gasteiger partial charge in [-0.05, 0) is 12.8 Å². The Hall–Kier alpha value is -0.770. The van der Waals surface area contributed by atoms with E-state index < -0.39 is 0 Å². The molecule has 3 rings (SSSR count). The summed E-state index contributed by atoms with van der Waals surface area (Å²) in [4.78, 5) is 13.1. The van der Waals surface area contributed by atoms with E-state index in [4.69, 9.17) is 4.74 Å². The molecule has 2 bridgehead atoms. The van der Waals surface area contributed by atoms with Gasteiger partial charge < -0.3 is 15.0 Å². The van der Waals surface area contributed by atoms with Gasteiger partial charge in [0.1, 0.15) is 5.60 Å². The number of amides is 1. The predicted molar refractivity (Wildman–Crippen MR) is 51.0 cm³/mol. The molecule has 3 saturated heterocycles. The van der Waals surface area contributed by atoms with E-state index >= 15 is 0 Å². The Bertz CT molecular complexity index is 267. The van der Waals surface area contributed by atoms with Gasteiger partial charge in [-0.1, -0.05) is 0 Å². The van der Waals surface area contributed by atoms with Gasteiger partial charge in [0.05, 0.1) is 6.54 Å². The summed E-state index contributed by atoms with van der Waals surface area (Å²) in [6.45, 7) is 0.778. The highest BCUT2D eigenvalue weighted by Crippen LogP contribution is 2.39. The number of likely N-dealkylation sites (N-methyl/N-ethyl adjacent to an activating group) is 1. The van der Waals surface area contributed by atoms with E-state index in [2.05, 4.69) is 5.32 Å². The summed E-state index contributed by atoms with van der Waals surface area (Å²) in [5.41, 5.74) is -0.164. The quantitative estimate of drug-likeness (QED) is 0.620. The van der Waals surface area contributed by atoms with Crippen LogP contribution in [0.2, 0.25) is 0 Å². The van der Waals surface area contributed by atoms with Crippen molar-refractivity contribution >= 4 is 6.09 Å². The first-order chi connectivity index (χ1) is 6.67. The van der Waals surface area contributed by atoms with Gasteiger partial charge in [-0.3, -0.25) is 0 Å². The number of carbonyl (C=O) groups excluding carboxylic acids is 1. The Morgan fingerprint density at radius 3 is 2.57 bits per heavy atom. The number of hydrogen-bond acceptors (Lipinski definition) is 3. The molecule has 4 heteroatoms. The summed E-state index contributed by atoms with van der Waals surface area (Å²) in [5, 5.41) is 3.56. The van der Waals surface area contributed by atoms with Gasteiger partial charge in [-0.15, -0.1) is 0 Å². The van der Waals surface area contributed by atoms with Crippen molar-refractivity contribution in [2.45, 2.75) is 43.4 Å². The van der Waals surface area contributed by atoms with Crippen molar-refractivity contribution in [2.24, 2.45) is 0 Å². The zero-order chi connectivity index (χ0) is 9.76. The first-order valence-electron chi connectivity index (χ1n) is 5.37. The number of rotatable bonds is 0. The van der Waals surface area contributed by atoms with Gasteiger partial charge in [0.15, 0.2) is 0 Å². The SMILES string of the molecule is CN1CC2(C[C@H]3CC[C@@H](C2)N3)OC1=O. The molecule has 0 saturated carbocycles. The van der Waals surface area contributed by atoms with Crippen LogP contribution in [0, 0.1) is 0 Å². The molecular formula is C10H16N2O2. The molecule has 3 atom stereocenters. The molecule has 0 aliphatic carbocycles. The normalized spacial score (nSPS) is 46.1. The van der Waals surface area contributed by atoms with Crippen LogP contribution in [0.5, 0.6) is 0 Å².